The van der Waals surface area contributed by atoms with E-state index in [1.54, 1.807) is 19.1 Å². The van der Waals surface area contributed by atoms with Crippen LogP contribution < -0.4 is 10.1 Å². The van der Waals surface area contributed by atoms with Crippen LogP contribution in [0.4, 0.5) is 0 Å². The van der Waals surface area contributed by atoms with Gasteiger partial charge < -0.3 is 10.1 Å². The minimum Gasteiger partial charge on any atom is -0.481 e. The summed E-state index contributed by atoms with van der Waals surface area (Å²) in [7, 11) is 0. The van der Waals surface area contributed by atoms with Crippen LogP contribution in [0.3, 0.4) is 0 Å². The number of ether oxygens (including phenoxy) is 1. The molecule has 4 heteroatoms. The first kappa shape index (κ1) is 16.9. The number of carbonyl (C=O) groups excluding carboxylic acids is 1. The van der Waals surface area contributed by atoms with Gasteiger partial charge in [0.2, 0.25) is 0 Å². The Morgan fingerprint density at radius 3 is 2.91 bits per heavy atom. The van der Waals surface area contributed by atoms with E-state index in [0.717, 1.165) is 12.0 Å². The van der Waals surface area contributed by atoms with Gasteiger partial charge in [0.1, 0.15) is 5.75 Å². The van der Waals surface area contributed by atoms with E-state index in [0.29, 0.717) is 17.3 Å². The van der Waals surface area contributed by atoms with Gasteiger partial charge in [-0.2, -0.15) is 0 Å². The average Bonchev–Trinajstić information content (AvgIpc) is 2.52. The summed E-state index contributed by atoms with van der Waals surface area (Å²) in [4.78, 5) is 12.1. The van der Waals surface area contributed by atoms with Gasteiger partial charge in [0.15, 0.2) is 6.10 Å². The molecular formula is C18H24ClNO2. The number of nitrogens with one attached hydrogen (secondary N) is 1. The Kier molecular flexibility index (Phi) is 6.32. The summed E-state index contributed by atoms with van der Waals surface area (Å²) in [5, 5.41) is 3.64. The predicted octanol–water partition coefficient (Wildman–Crippen LogP) is 4.42. The molecule has 0 aromatic heterocycles. The first-order valence-corrected chi connectivity index (χ1v) is 8.32. The van der Waals surface area contributed by atoms with Gasteiger partial charge in [-0.1, -0.05) is 23.3 Å². The minimum absolute atomic E-state index is 0.0796. The highest BCUT2D eigenvalue weighted by atomic mass is 35.5. The van der Waals surface area contributed by atoms with Crippen LogP contribution in [0.1, 0.15) is 44.6 Å². The average molecular weight is 322 g/mol. The van der Waals surface area contributed by atoms with E-state index in [-0.39, 0.29) is 5.91 Å². The minimum atomic E-state index is -0.513. The van der Waals surface area contributed by atoms with E-state index < -0.39 is 6.10 Å². The molecule has 120 valence electrons. The Labute approximate surface area is 137 Å². The SMILES string of the molecule is Cc1cc(O[C@@H](C)C(=O)NCCC2=CCCCC2)ccc1Cl. The number of carbonyl (C=O) groups is 1. The second kappa shape index (κ2) is 8.23. The lowest BCUT2D eigenvalue weighted by molar-refractivity contribution is -0.127. The third kappa shape index (κ3) is 5.06. The molecule has 0 heterocycles. The van der Waals surface area contributed by atoms with Crippen LogP contribution in [0.15, 0.2) is 29.8 Å². The summed E-state index contributed by atoms with van der Waals surface area (Å²) < 4.78 is 5.67. The molecule has 0 saturated carbocycles. The van der Waals surface area contributed by atoms with E-state index in [9.17, 15) is 4.79 Å². The molecule has 0 fully saturated rings. The topological polar surface area (TPSA) is 38.3 Å². The Hall–Kier alpha value is -1.48. The molecule has 3 nitrogen and oxygen atoms in total. The molecule has 1 aliphatic carbocycles. The first-order valence-electron chi connectivity index (χ1n) is 7.94. The zero-order valence-corrected chi connectivity index (χ0v) is 14.1. The van der Waals surface area contributed by atoms with Gasteiger partial charge >= 0.3 is 0 Å². The lowest BCUT2D eigenvalue weighted by Crippen LogP contribution is -2.37. The quantitative estimate of drug-likeness (QED) is 0.787. The van der Waals surface area contributed by atoms with E-state index in [2.05, 4.69) is 11.4 Å². The number of aryl methyl sites for hydroxylation is 1. The molecule has 1 amide bonds. The number of hydrogen-bond acceptors (Lipinski definition) is 2. The van der Waals surface area contributed by atoms with Crippen molar-refractivity contribution in [1.82, 2.24) is 5.32 Å². The maximum atomic E-state index is 12.1. The lowest BCUT2D eigenvalue weighted by atomic mass is 9.97. The zero-order valence-electron chi connectivity index (χ0n) is 13.3. The van der Waals surface area contributed by atoms with Gasteiger partial charge in [0.25, 0.3) is 5.91 Å². The molecule has 0 aliphatic heterocycles. The third-order valence-corrected chi connectivity index (χ3v) is 4.37. The van der Waals surface area contributed by atoms with E-state index in [1.807, 2.05) is 13.0 Å². The molecule has 1 aromatic rings. The third-order valence-electron chi connectivity index (χ3n) is 3.94. The van der Waals surface area contributed by atoms with Crippen molar-refractivity contribution in [1.29, 1.82) is 0 Å². The first-order chi connectivity index (χ1) is 10.6. The molecule has 1 aromatic carbocycles. The van der Waals surface area contributed by atoms with Crippen LogP contribution >= 0.6 is 11.6 Å². The van der Waals surface area contributed by atoms with Gasteiger partial charge in [-0.3, -0.25) is 4.79 Å². The van der Waals surface area contributed by atoms with Crippen molar-refractivity contribution in [3.63, 3.8) is 0 Å². The number of halogens is 1. The zero-order chi connectivity index (χ0) is 15.9. The van der Waals surface area contributed by atoms with Gasteiger partial charge in [0, 0.05) is 11.6 Å². The van der Waals surface area contributed by atoms with E-state index in [1.165, 1.54) is 31.3 Å². The van der Waals surface area contributed by atoms with Crippen molar-refractivity contribution in [2.45, 2.75) is 52.1 Å². The Balaban J connectivity index is 1.76. The van der Waals surface area contributed by atoms with Crippen molar-refractivity contribution in [2.75, 3.05) is 6.54 Å². The van der Waals surface area contributed by atoms with Crippen molar-refractivity contribution >= 4 is 17.5 Å². The van der Waals surface area contributed by atoms with Crippen LogP contribution in [0.25, 0.3) is 0 Å². The summed E-state index contributed by atoms with van der Waals surface area (Å²) in [6, 6.07) is 5.41. The van der Waals surface area contributed by atoms with Gasteiger partial charge in [0.05, 0.1) is 0 Å². The summed E-state index contributed by atoms with van der Waals surface area (Å²) in [5.74, 6) is 0.587. The highest BCUT2D eigenvalue weighted by Crippen LogP contribution is 2.22. The summed E-state index contributed by atoms with van der Waals surface area (Å²) in [6.45, 7) is 4.36. The van der Waals surface area contributed by atoms with Gasteiger partial charge in [-0.25, -0.2) is 0 Å². The monoisotopic (exact) mass is 321 g/mol. The van der Waals surface area contributed by atoms with Crippen LogP contribution in [-0.4, -0.2) is 18.6 Å². The standard InChI is InChI=1S/C18H24ClNO2/c1-13-12-16(8-9-17(13)19)22-14(2)18(21)20-11-10-15-6-4-3-5-7-15/h6,8-9,12,14H,3-5,7,10-11H2,1-2H3,(H,20,21)/t14-/m0/s1. The molecule has 1 N–H and O–H groups in total. The fourth-order valence-electron chi connectivity index (χ4n) is 2.57. The molecule has 2 rings (SSSR count). The van der Waals surface area contributed by atoms with Gasteiger partial charge in [-0.15, -0.1) is 0 Å². The van der Waals surface area contributed by atoms with Crippen molar-refractivity contribution in [3.05, 3.63) is 40.4 Å². The summed E-state index contributed by atoms with van der Waals surface area (Å²) >= 11 is 5.98. The molecule has 0 saturated heterocycles. The van der Waals surface area contributed by atoms with Crippen LogP contribution in [-0.2, 0) is 4.79 Å². The molecule has 0 radical (unpaired) electrons. The maximum Gasteiger partial charge on any atom is 0.260 e. The molecule has 0 bridgehead atoms. The summed E-state index contributed by atoms with van der Waals surface area (Å²) in [6.07, 6.45) is 7.66. The van der Waals surface area contributed by atoms with Crippen LogP contribution in [0.5, 0.6) is 5.75 Å². The van der Waals surface area contributed by atoms with E-state index >= 15 is 0 Å². The molecule has 0 spiro atoms. The van der Waals surface area contributed by atoms with E-state index in [4.69, 9.17) is 16.3 Å². The number of rotatable bonds is 6. The highest BCUT2D eigenvalue weighted by molar-refractivity contribution is 6.31. The van der Waals surface area contributed by atoms with Crippen molar-refractivity contribution < 1.29 is 9.53 Å². The summed E-state index contributed by atoms with van der Waals surface area (Å²) in [5.41, 5.74) is 2.41. The van der Waals surface area contributed by atoms with Gasteiger partial charge in [-0.05, 0) is 69.7 Å². The Bertz CT molecular complexity index is 554. The van der Waals surface area contributed by atoms with Crippen LogP contribution in [0, 0.1) is 6.92 Å². The molecule has 1 atom stereocenters. The molecule has 22 heavy (non-hydrogen) atoms. The molecule has 0 unspecified atom stereocenters. The Morgan fingerprint density at radius 1 is 1.41 bits per heavy atom. The lowest BCUT2D eigenvalue weighted by Gasteiger charge is -2.16. The van der Waals surface area contributed by atoms with Crippen molar-refractivity contribution in [2.24, 2.45) is 0 Å². The predicted molar refractivity (Wildman–Crippen MR) is 90.5 cm³/mol. The second-order valence-electron chi connectivity index (χ2n) is 5.82. The second-order valence-corrected chi connectivity index (χ2v) is 6.23. The number of allylic oxidation sites excluding steroid dienone is 1. The number of benzene rings is 1. The molecular weight excluding hydrogens is 298 g/mol. The van der Waals surface area contributed by atoms with Crippen LogP contribution in [0.2, 0.25) is 5.02 Å². The Morgan fingerprint density at radius 2 is 2.23 bits per heavy atom. The largest absolute Gasteiger partial charge is 0.481 e. The maximum absolute atomic E-state index is 12.1. The fraction of sp³-hybridized carbons (Fsp3) is 0.500. The smallest absolute Gasteiger partial charge is 0.260 e. The number of amides is 1. The number of hydrogen-bond donors (Lipinski definition) is 1. The molecule has 1 aliphatic rings. The van der Waals surface area contributed by atoms with Crippen molar-refractivity contribution in [3.8, 4) is 5.75 Å². The fourth-order valence-corrected chi connectivity index (χ4v) is 2.69. The normalized spacial score (nSPS) is 15.9. The highest BCUT2D eigenvalue weighted by Gasteiger charge is 2.14.